The van der Waals surface area contributed by atoms with E-state index in [1.54, 1.807) is 0 Å². The predicted molar refractivity (Wildman–Crippen MR) is 77.2 cm³/mol. The highest BCUT2D eigenvalue weighted by molar-refractivity contribution is 5.33. The van der Waals surface area contributed by atoms with Crippen LogP contribution in [0.25, 0.3) is 0 Å². The zero-order chi connectivity index (χ0) is 14.0. The Morgan fingerprint density at radius 3 is 2.45 bits per heavy atom. The van der Waals surface area contributed by atoms with Gasteiger partial charge in [0.25, 0.3) is 0 Å². The lowest BCUT2D eigenvalue weighted by molar-refractivity contribution is 0.306. The molecule has 0 bridgehead atoms. The number of benzene rings is 1. The van der Waals surface area contributed by atoms with Gasteiger partial charge in [-0.05, 0) is 25.3 Å². The van der Waals surface area contributed by atoms with Gasteiger partial charge in [-0.1, -0.05) is 54.8 Å². The van der Waals surface area contributed by atoms with E-state index in [0.29, 0.717) is 5.89 Å². The van der Waals surface area contributed by atoms with Crippen molar-refractivity contribution in [3.8, 4) is 0 Å². The fourth-order valence-electron chi connectivity index (χ4n) is 3.17. The van der Waals surface area contributed by atoms with Gasteiger partial charge in [-0.25, -0.2) is 0 Å². The first-order valence-electron chi connectivity index (χ1n) is 7.37. The lowest BCUT2D eigenvalue weighted by Gasteiger charge is -2.35. The molecule has 1 aliphatic rings. The van der Waals surface area contributed by atoms with E-state index in [1.165, 1.54) is 24.8 Å². The van der Waals surface area contributed by atoms with E-state index in [2.05, 4.69) is 34.4 Å². The van der Waals surface area contributed by atoms with Gasteiger partial charge in [0.05, 0.1) is 11.5 Å². The van der Waals surface area contributed by atoms with Gasteiger partial charge in [-0.3, -0.25) is 0 Å². The topological polar surface area (TPSA) is 64.9 Å². The number of nitrogens with two attached hydrogens (primary N) is 1. The maximum atomic E-state index is 5.84. The summed E-state index contributed by atoms with van der Waals surface area (Å²) in [5, 5.41) is 4.24. The lowest BCUT2D eigenvalue weighted by Crippen LogP contribution is -2.31. The molecule has 1 aromatic heterocycles. The van der Waals surface area contributed by atoms with Crippen LogP contribution in [0.2, 0.25) is 0 Å². The van der Waals surface area contributed by atoms with Gasteiger partial charge in [-0.2, -0.15) is 4.98 Å². The third-order valence-corrected chi connectivity index (χ3v) is 4.29. The first-order valence-corrected chi connectivity index (χ1v) is 7.37. The fourth-order valence-corrected chi connectivity index (χ4v) is 3.17. The van der Waals surface area contributed by atoms with Crippen LogP contribution in [-0.4, -0.2) is 10.1 Å². The molecule has 0 radical (unpaired) electrons. The van der Waals surface area contributed by atoms with Crippen molar-refractivity contribution >= 4 is 0 Å². The molecular formula is C16H21N3O. The highest BCUT2D eigenvalue weighted by atomic mass is 16.5. The molecule has 0 unspecified atom stereocenters. The molecular weight excluding hydrogens is 250 g/mol. The molecule has 4 nitrogen and oxygen atoms in total. The van der Waals surface area contributed by atoms with Crippen molar-refractivity contribution in [3.05, 3.63) is 47.6 Å². The third kappa shape index (κ3) is 2.24. The summed E-state index contributed by atoms with van der Waals surface area (Å²) in [7, 11) is 0. The largest absolute Gasteiger partial charge is 0.338 e. The Labute approximate surface area is 119 Å². The quantitative estimate of drug-likeness (QED) is 0.929. The number of rotatable bonds is 3. The molecule has 1 heterocycles. The Hall–Kier alpha value is -1.68. The minimum absolute atomic E-state index is 0.101. The average Bonchev–Trinajstić information content (AvgIpc) is 2.99. The molecule has 1 atom stereocenters. The van der Waals surface area contributed by atoms with Gasteiger partial charge in [0.1, 0.15) is 0 Å². The zero-order valence-corrected chi connectivity index (χ0v) is 11.9. The monoisotopic (exact) mass is 271 g/mol. The molecule has 0 spiro atoms. The Morgan fingerprint density at radius 2 is 1.85 bits per heavy atom. The first-order chi connectivity index (χ1) is 9.72. The normalized spacial score (nSPS) is 19.7. The van der Waals surface area contributed by atoms with Gasteiger partial charge in [0, 0.05) is 0 Å². The zero-order valence-electron chi connectivity index (χ0n) is 11.9. The van der Waals surface area contributed by atoms with Crippen LogP contribution < -0.4 is 5.73 Å². The van der Waals surface area contributed by atoms with Crippen molar-refractivity contribution in [2.45, 2.75) is 50.5 Å². The number of aromatic nitrogens is 2. The standard InChI is InChI=1S/C16H21N3O/c1-12(17)14-18-15(19-20-14)16(10-6-3-7-11-16)13-8-4-2-5-9-13/h2,4-5,8-9,12H,3,6-7,10-11,17H2,1H3/t12-/m0/s1. The Kier molecular flexibility index (Phi) is 3.57. The molecule has 0 saturated heterocycles. The summed E-state index contributed by atoms with van der Waals surface area (Å²) in [5.41, 5.74) is 7.03. The minimum atomic E-state index is -0.215. The molecule has 106 valence electrons. The van der Waals surface area contributed by atoms with E-state index < -0.39 is 0 Å². The smallest absolute Gasteiger partial charge is 0.243 e. The Morgan fingerprint density at radius 1 is 1.15 bits per heavy atom. The number of hydrogen-bond donors (Lipinski definition) is 1. The molecule has 0 aliphatic heterocycles. The molecule has 1 saturated carbocycles. The predicted octanol–water partition coefficient (Wildman–Crippen LogP) is 3.34. The van der Waals surface area contributed by atoms with E-state index in [4.69, 9.17) is 10.3 Å². The lowest BCUT2D eigenvalue weighted by atomic mass is 9.69. The van der Waals surface area contributed by atoms with Crippen LogP contribution in [0.15, 0.2) is 34.9 Å². The third-order valence-electron chi connectivity index (χ3n) is 4.29. The second-order valence-electron chi connectivity index (χ2n) is 5.75. The second kappa shape index (κ2) is 5.37. The summed E-state index contributed by atoms with van der Waals surface area (Å²) >= 11 is 0. The summed E-state index contributed by atoms with van der Waals surface area (Å²) in [6.45, 7) is 1.87. The maximum Gasteiger partial charge on any atom is 0.243 e. The fraction of sp³-hybridized carbons (Fsp3) is 0.500. The van der Waals surface area contributed by atoms with E-state index in [9.17, 15) is 0 Å². The summed E-state index contributed by atoms with van der Waals surface area (Å²) in [4.78, 5) is 4.58. The SMILES string of the molecule is C[C@H](N)c1nc(C2(c3ccccc3)CCCCC2)no1. The van der Waals surface area contributed by atoms with E-state index in [-0.39, 0.29) is 11.5 Å². The molecule has 2 N–H and O–H groups in total. The number of nitrogens with zero attached hydrogens (tertiary/aromatic N) is 2. The van der Waals surface area contributed by atoms with E-state index in [1.807, 2.05) is 13.0 Å². The van der Waals surface area contributed by atoms with Crippen LogP contribution in [0.4, 0.5) is 0 Å². The van der Waals surface area contributed by atoms with Crippen molar-refractivity contribution in [1.29, 1.82) is 0 Å². The van der Waals surface area contributed by atoms with Crippen molar-refractivity contribution in [1.82, 2.24) is 10.1 Å². The van der Waals surface area contributed by atoms with Gasteiger partial charge in [0.15, 0.2) is 5.82 Å². The summed E-state index contributed by atoms with van der Waals surface area (Å²) < 4.78 is 5.34. The molecule has 1 aliphatic carbocycles. The van der Waals surface area contributed by atoms with Crippen LogP contribution in [0.5, 0.6) is 0 Å². The molecule has 20 heavy (non-hydrogen) atoms. The van der Waals surface area contributed by atoms with Crippen molar-refractivity contribution in [3.63, 3.8) is 0 Å². The van der Waals surface area contributed by atoms with Crippen LogP contribution in [0, 0.1) is 0 Å². The maximum absolute atomic E-state index is 5.84. The molecule has 3 rings (SSSR count). The van der Waals surface area contributed by atoms with Gasteiger partial charge < -0.3 is 10.3 Å². The van der Waals surface area contributed by atoms with Crippen LogP contribution in [0.3, 0.4) is 0 Å². The van der Waals surface area contributed by atoms with E-state index >= 15 is 0 Å². The molecule has 1 fully saturated rings. The summed E-state index contributed by atoms with van der Waals surface area (Å²) in [6.07, 6.45) is 5.85. The molecule has 4 heteroatoms. The summed E-state index contributed by atoms with van der Waals surface area (Å²) in [5.74, 6) is 1.33. The van der Waals surface area contributed by atoms with Gasteiger partial charge in [-0.15, -0.1) is 0 Å². The van der Waals surface area contributed by atoms with Gasteiger partial charge in [0.2, 0.25) is 5.89 Å². The molecule has 2 aromatic rings. The van der Waals surface area contributed by atoms with Crippen molar-refractivity contribution in [2.24, 2.45) is 5.73 Å². The highest BCUT2D eigenvalue weighted by Gasteiger charge is 2.40. The Balaban J connectivity index is 2.05. The highest BCUT2D eigenvalue weighted by Crippen LogP contribution is 2.43. The first kappa shape index (κ1) is 13.3. The second-order valence-corrected chi connectivity index (χ2v) is 5.75. The summed E-state index contributed by atoms with van der Waals surface area (Å²) in [6, 6.07) is 10.3. The molecule has 1 aromatic carbocycles. The molecule has 0 amide bonds. The van der Waals surface area contributed by atoms with Crippen molar-refractivity contribution in [2.75, 3.05) is 0 Å². The van der Waals surface area contributed by atoms with E-state index in [0.717, 1.165) is 18.7 Å². The number of hydrogen-bond acceptors (Lipinski definition) is 4. The average molecular weight is 271 g/mol. The Bertz CT molecular complexity index is 556. The van der Waals surface area contributed by atoms with Gasteiger partial charge >= 0.3 is 0 Å². The van der Waals surface area contributed by atoms with Crippen LogP contribution in [-0.2, 0) is 5.41 Å². The van der Waals surface area contributed by atoms with Crippen LogP contribution >= 0.6 is 0 Å². The minimum Gasteiger partial charge on any atom is -0.338 e. The van der Waals surface area contributed by atoms with Crippen molar-refractivity contribution < 1.29 is 4.52 Å². The van der Waals surface area contributed by atoms with Crippen LogP contribution in [0.1, 0.15) is 62.3 Å².